The Bertz CT molecular complexity index is 428. The fourth-order valence-corrected chi connectivity index (χ4v) is 2.32. The Labute approximate surface area is 101 Å². The maximum Gasteiger partial charge on any atom is 0.237 e. The second kappa shape index (κ2) is 4.46. The van der Waals surface area contributed by atoms with Crippen LogP contribution in [0.4, 0.5) is 0 Å². The molecule has 1 amide bonds. The Morgan fingerprint density at radius 3 is 2.56 bits per heavy atom. The lowest BCUT2D eigenvalue weighted by Crippen LogP contribution is -2.36. The molecule has 0 aliphatic carbocycles. The van der Waals surface area contributed by atoms with Crippen molar-refractivity contribution >= 4 is 17.5 Å². The fourth-order valence-electron chi connectivity index (χ4n) is 2.15. The molecule has 86 valence electrons. The van der Waals surface area contributed by atoms with E-state index in [4.69, 9.17) is 11.6 Å². The third-order valence-corrected chi connectivity index (χ3v) is 3.52. The van der Waals surface area contributed by atoms with E-state index in [0.29, 0.717) is 6.54 Å². The molecular formula is C13H16ClNO. The van der Waals surface area contributed by atoms with E-state index in [2.05, 4.69) is 26.0 Å². The summed E-state index contributed by atoms with van der Waals surface area (Å²) in [7, 11) is 0. The summed E-state index contributed by atoms with van der Waals surface area (Å²) < 4.78 is 0. The van der Waals surface area contributed by atoms with E-state index >= 15 is 0 Å². The van der Waals surface area contributed by atoms with Gasteiger partial charge < -0.3 is 4.90 Å². The first kappa shape index (κ1) is 11.5. The summed E-state index contributed by atoms with van der Waals surface area (Å²) >= 11 is 5.58. The van der Waals surface area contributed by atoms with E-state index in [1.807, 2.05) is 4.90 Å². The van der Waals surface area contributed by atoms with Crippen LogP contribution in [0.3, 0.4) is 0 Å². The second-order valence-corrected chi connectivity index (χ2v) is 4.67. The van der Waals surface area contributed by atoms with E-state index < -0.39 is 0 Å². The zero-order valence-electron chi connectivity index (χ0n) is 9.72. The number of hydrogen-bond donors (Lipinski definition) is 0. The predicted molar refractivity (Wildman–Crippen MR) is 65.8 cm³/mol. The van der Waals surface area contributed by atoms with Gasteiger partial charge in [-0.1, -0.05) is 12.1 Å². The normalized spacial score (nSPS) is 14.8. The van der Waals surface area contributed by atoms with Crippen LogP contribution in [0.15, 0.2) is 12.1 Å². The van der Waals surface area contributed by atoms with Crippen LogP contribution in [-0.4, -0.2) is 23.2 Å². The number of halogens is 1. The zero-order chi connectivity index (χ0) is 11.7. The smallest absolute Gasteiger partial charge is 0.237 e. The van der Waals surface area contributed by atoms with E-state index in [1.54, 1.807) is 0 Å². The van der Waals surface area contributed by atoms with E-state index in [-0.39, 0.29) is 11.8 Å². The number of rotatable bonds is 1. The maximum atomic E-state index is 11.5. The molecule has 1 aliphatic heterocycles. The van der Waals surface area contributed by atoms with Crippen molar-refractivity contribution in [2.45, 2.75) is 26.8 Å². The van der Waals surface area contributed by atoms with Gasteiger partial charge in [-0.2, -0.15) is 0 Å². The molecule has 0 atom stereocenters. The Morgan fingerprint density at radius 2 is 1.94 bits per heavy atom. The Balaban J connectivity index is 2.27. The molecule has 0 saturated heterocycles. The summed E-state index contributed by atoms with van der Waals surface area (Å²) in [5, 5.41) is 0. The minimum Gasteiger partial charge on any atom is -0.337 e. The van der Waals surface area contributed by atoms with Crippen LogP contribution < -0.4 is 0 Å². The van der Waals surface area contributed by atoms with Gasteiger partial charge in [0.25, 0.3) is 0 Å². The van der Waals surface area contributed by atoms with Crippen molar-refractivity contribution < 1.29 is 4.79 Å². The van der Waals surface area contributed by atoms with Crippen LogP contribution in [0, 0.1) is 13.8 Å². The van der Waals surface area contributed by atoms with Crippen LogP contribution in [0.25, 0.3) is 0 Å². The first-order valence-electron chi connectivity index (χ1n) is 5.54. The SMILES string of the molecule is Cc1cc2c(cc1C)CN(C(=O)CCl)CC2. The van der Waals surface area contributed by atoms with Crippen molar-refractivity contribution in [2.24, 2.45) is 0 Å². The molecule has 1 aromatic carbocycles. The van der Waals surface area contributed by atoms with E-state index in [0.717, 1.165) is 13.0 Å². The third-order valence-electron chi connectivity index (χ3n) is 3.30. The zero-order valence-corrected chi connectivity index (χ0v) is 10.5. The minimum atomic E-state index is 0.0329. The molecule has 0 radical (unpaired) electrons. The third kappa shape index (κ3) is 2.07. The molecule has 1 aromatic rings. The summed E-state index contributed by atoms with van der Waals surface area (Å²) in [6, 6.07) is 4.44. The summed E-state index contributed by atoms with van der Waals surface area (Å²) in [6.07, 6.45) is 0.944. The van der Waals surface area contributed by atoms with Crippen molar-refractivity contribution in [1.29, 1.82) is 0 Å². The number of alkyl halides is 1. The highest BCUT2D eigenvalue weighted by molar-refractivity contribution is 6.27. The lowest BCUT2D eigenvalue weighted by atomic mass is 9.94. The number of amides is 1. The van der Waals surface area contributed by atoms with Crippen LogP contribution in [0.2, 0.25) is 0 Å². The predicted octanol–water partition coefficient (Wildman–Crippen LogP) is 2.43. The molecule has 16 heavy (non-hydrogen) atoms. The number of benzene rings is 1. The first-order chi connectivity index (χ1) is 7.61. The van der Waals surface area contributed by atoms with Gasteiger partial charge >= 0.3 is 0 Å². The molecule has 3 heteroatoms. The van der Waals surface area contributed by atoms with E-state index in [1.165, 1.54) is 22.3 Å². The lowest BCUT2D eigenvalue weighted by Gasteiger charge is -2.29. The number of nitrogens with zero attached hydrogens (tertiary/aromatic N) is 1. The van der Waals surface area contributed by atoms with Crippen molar-refractivity contribution in [1.82, 2.24) is 4.90 Å². The molecule has 1 aliphatic rings. The summed E-state index contributed by atoms with van der Waals surface area (Å²) in [4.78, 5) is 13.4. The van der Waals surface area contributed by atoms with Gasteiger partial charge in [0.2, 0.25) is 5.91 Å². The number of fused-ring (bicyclic) bond motifs is 1. The van der Waals surface area contributed by atoms with Crippen LogP contribution >= 0.6 is 11.6 Å². The van der Waals surface area contributed by atoms with Gasteiger partial charge in [-0.15, -0.1) is 11.6 Å². The maximum absolute atomic E-state index is 11.5. The molecule has 2 nitrogen and oxygen atoms in total. The monoisotopic (exact) mass is 237 g/mol. The van der Waals surface area contributed by atoms with Crippen LogP contribution in [0.5, 0.6) is 0 Å². The number of carbonyl (C=O) groups is 1. The second-order valence-electron chi connectivity index (χ2n) is 4.40. The highest BCUT2D eigenvalue weighted by atomic mass is 35.5. The van der Waals surface area contributed by atoms with Gasteiger partial charge in [-0.3, -0.25) is 4.79 Å². The highest BCUT2D eigenvalue weighted by Gasteiger charge is 2.20. The standard InChI is InChI=1S/C13H16ClNO/c1-9-5-11-3-4-15(13(16)7-14)8-12(11)6-10(9)2/h5-6H,3-4,7-8H2,1-2H3. The van der Waals surface area contributed by atoms with Gasteiger partial charge in [0.1, 0.15) is 5.88 Å². The van der Waals surface area contributed by atoms with Crippen molar-refractivity contribution in [3.05, 3.63) is 34.4 Å². The largest absolute Gasteiger partial charge is 0.337 e. The molecule has 0 fully saturated rings. The van der Waals surface area contributed by atoms with Gasteiger partial charge in [0, 0.05) is 13.1 Å². The number of aryl methyl sites for hydroxylation is 2. The Hall–Kier alpha value is -1.02. The van der Waals surface area contributed by atoms with E-state index in [9.17, 15) is 4.79 Å². The number of hydrogen-bond acceptors (Lipinski definition) is 1. The van der Waals surface area contributed by atoms with Gasteiger partial charge in [0.15, 0.2) is 0 Å². The van der Waals surface area contributed by atoms with Crippen molar-refractivity contribution in [3.63, 3.8) is 0 Å². The van der Waals surface area contributed by atoms with Gasteiger partial charge in [-0.05, 0) is 42.5 Å². The Morgan fingerprint density at radius 1 is 1.31 bits per heavy atom. The summed E-state index contributed by atoms with van der Waals surface area (Å²) in [5.41, 5.74) is 5.27. The van der Waals surface area contributed by atoms with Gasteiger partial charge in [0.05, 0.1) is 0 Å². The molecule has 2 rings (SSSR count). The quantitative estimate of drug-likeness (QED) is 0.687. The molecule has 0 saturated carbocycles. The molecule has 0 N–H and O–H groups in total. The molecule has 0 bridgehead atoms. The average molecular weight is 238 g/mol. The molecule has 0 spiro atoms. The molecule has 0 unspecified atom stereocenters. The Kier molecular flexibility index (Phi) is 3.20. The fraction of sp³-hybridized carbons (Fsp3) is 0.462. The summed E-state index contributed by atoms with van der Waals surface area (Å²) in [6.45, 7) is 5.74. The molecule has 0 aromatic heterocycles. The number of carbonyl (C=O) groups excluding carboxylic acids is 1. The van der Waals surface area contributed by atoms with Crippen LogP contribution in [0.1, 0.15) is 22.3 Å². The topological polar surface area (TPSA) is 20.3 Å². The first-order valence-corrected chi connectivity index (χ1v) is 6.08. The van der Waals surface area contributed by atoms with Crippen molar-refractivity contribution in [2.75, 3.05) is 12.4 Å². The highest BCUT2D eigenvalue weighted by Crippen LogP contribution is 2.22. The molecule has 1 heterocycles. The minimum absolute atomic E-state index is 0.0329. The average Bonchev–Trinajstić information content (AvgIpc) is 2.29. The van der Waals surface area contributed by atoms with Gasteiger partial charge in [-0.25, -0.2) is 0 Å². The lowest BCUT2D eigenvalue weighted by molar-refractivity contribution is -0.129. The van der Waals surface area contributed by atoms with Crippen molar-refractivity contribution in [3.8, 4) is 0 Å². The summed E-state index contributed by atoms with van der Waals surface area (Å²) in [5.74, 6) is 0.116. The molecular weight excluding hydrogens is 222 g/mol. The van der Waals surface area contributed by atoms with Crippen LogP contribution in [-0.2, 0) is 17.8 Å².